The number of aliphatic hydroxyl groups is 1. The Bertz CT molecular complexity index is 631. The van der Waals surface area contributed by atoms with Gasteiger partial charge in [-0.25, -0.2) is 4.79 Å². The quantitative estimate of drug-likeness (QED) is 0.767. The first-order valence-electron chi connectivity index (χ1n) is 7.52. The number of urea groups is 1. The first-order valence-corrected chi connectivity index (χ1v) is 7.52. The number of aliphatic hydroxyl groups excluding tert-OH is 1. The van der Waals surface area contributed by atoms with Crippen LogP contribution in [0.1, 0.15) is 18.4 Å². The lowest BCUT2D eigenvalue weighted by Crippen LogP contribution is -2.43. The molecular formula is C18H22N2O3. The van der Waals surface area contributed by atoms with Crippen molar-refractivity contribution in [2.75, 3.05) is 19.0 Å². The number of para-hydroxylation sites is 2. The van der Waals surface area contributed by atoms with Crippen molar-refractivity contribution in [2.24, 2.45) is 0 Å². The van der Waals surface area contributed by atoms with Crippen molar-refractivity contribution < 1.29 is 14.6 Å². The Morgan fingerprint density at radius 3 is 2.43 bits per heavy atom. The van der Waals surface area contributed by atoms with Gasteiger partial charge < -0.3 is 20.5 Å². The highest BCUT2D eigenvalue weighted by atomic mass is 16.5. The lowest BCUT2D eigenvalue weighted by molar-refractivity contribution is 0.215. The van der Waals surface area contributed by atoms with Gasteiger partial charge in [-0.15, -0.1) is 0 Å². The maximum absolute atomic E-state index is 12.2. The largest absolute Gasteiger partial charge is 0.495 e. The van der Waals surface area contributed by atoms with Crippen molar-refractivity contribution in [1.82, 2.24) is 5.32 Å². The van der Waals surface area contributed by atoms with Crippen LogP contribution < -0.4 is 15.4 Å². The minimum Gasteiger partial charge on any atom is -0.495 e. The molecule has 0 spiro atoms. The molecule has 122 valence electrons. The van der Waals surface area contributed by atoms with Gasteiger partial charge >= 0.3 is 6.03 Å². The van der Waals surface area contributed by atoms with Gasteiger partial charge in [0.2, 0.25) is 0 Å². The second-order valence-corrected chi connectivity index (χ2v) is 5.29. The zero-order valence-corrected chi connectivity index (χ0v) is 13.3. The molecule has 0 fully saturated rings. The predicted molar refractivity (Wildman–Crippen MR) is 90.9 cm³/mol. The summed E-state index contributed by atoms with van der Waals surface area (Å²) in [6.45, 7) is 1.83. The lowest BCUT2D eigenvalue weighted by atomic mass is 9.94. The first-order chi connectivity index (χ1) is 11.2. The minimum absolute atomic E-state index is 0.00961. The van der Waals surface area contributed by atoms with Crippen molar-refractivity contribution in [3.63, 3.8) is 0 Å². The van der Waals surface area contributed by atoms with E-state index in [1.807, 2.05) is 49.4 Å². The molecule has 0 aliphatic rings. The number of carbonyl (C=O) groups excluding carboxylic acids is 1. The number of hydrogen-bond donors (Lipinski definition) is 3. The number of rotatable bonds is 6. The second kappa shape index (κ2) is 8.19. The number of carbonyl (C=O) groups is 1. The molecule has 0 bridgehead atoms. The van der Waals surface area contributed by atoms with E-state index in [9.17, 15) is 9.90 Å². The summed E-state index contributed by atoms with van der Waals surface area (Å²) in [7, 11) is 1.55. The highest BCUT2D eigenvalue weighted by Crippen LogP contribution is 2.23. The van der Waals surface area contributed by atoms with E-state index in [1.165, 1.54) is 0 Å². The number of nitrogens with one attached hydrogen (secondary N) is 2. The average Bonchev–Trinajstić information content (AvgIpc) is 2.60. The smallest absolute Gasteiger partial charge is 0.319 e. The third-order valence-corrected chi connectivity index (χ3v) is 3.80. The molecule has 0 unspecified atom stereocenters. The van der Waals surface area contributed by atoms with Crippen LogP contribution in [-0.2, 0) is 0 Å². The van der Waals surface area contributed by atoms with Gasteiger partial charge in [0, 0.05) is 5.92 Å². The van der Waals surface area contributed by atoms with Crippen LogP contribution in [0.15, 0.2) is 54.6 Å². The Kier molecular flexibility index (Phi) is 6.00. The highest BCUT2D eigenvalue weighted by Gasteiger charge is 2.20. The van der Waals surface area contributed by atoms with Gasteiger partial charge in [0.25, 0.3) is 0 Å². The molecule has 2 aromatic rings. The molecule has 2 amide bonds. The van der Waals surface area contributed by atoms with Gasteiger partial charge in [-0.05, 0) is 17.7 Å². The second-order valence-electron chi connectivity index (χ2n) is 5.29. The van der Waals surface area contributed by atoms with E-state index in [0.29, 0.717) is 11.4 Å². The molecule has 0 saturated heterocycles. The van der Waals surface area contributed by atoms with Gasteiger partial charge in [-0.1, -0.05) is 49.4 Å². The highest BCUT2D eigenvalue weighted by molar-refractivity contribution is 5.91. The molecule has 0 aromatic heterocycles. The van der Waals surface area contributed by atoms with Crippen LogP contribution in [-0.4, -0.2) is 30.9 Å². The molecule has 0 saturated carbocycles. The Balaban J connectivity index is 2.02. The number of hydrogen-bond acceptors (Lipinski definition) is 3. The number of amides is 2. The first kappa shape index (κ1) is 16.8. The van der Waals surface area contributed by atoms with E-state index in [2.05, 4.69) is 10.6 Å². The van der Waals surface area contributed by atoms with Crippen molar-refractivity contribution in [3.8, 4) is 5.75 Å². The summed E-state index contributed by atoms with van der Waals surface area (Å²) in [6.07, 6.45) is 0. The van der Waals surface area contributed by atoms with Gasteiger partial charge in [-0.2, -0.15) is 0 Å². The van der Waals surface area contributed by atoms with Crippen LogP contribution in [0.3, 0.4) is 0 Å². The predicted octanol–water partition coefficient (Wildman–Crippen LogP) is 2.98. The van der Waals surface area contributed by atoms with E-state index in [0.717, 1.165) is 5.56 Å². The Labute approximate surface area is 136 Å². The summed E-state index contributed by atoms with van der Waals surface area (Å²) in [5.41, 5.74) is 1.64. The Hall–Kier alpha value is -2.53. The van der Waals surface area contributed by atoms with Crippen molar-refractivity contribution in [3.05, 3.63) is 60.2 Å². The molecule has 2 rings (SSSR count). The fourth-order valence-electron chi connectivity index (χ4n) is 2.39. The summed E-state index contributed by atoms with van der Waals surface area (Å²) in [4.78, 5) is 12.2. The molecule has 0 radical (unpaired) electrons. The fourth-order valence-corrected chi connectivity index (χ4v) is 2.39. The molecule has 3 N–H and O–H groups in total. The normalized spacial score (nSPS) is 13.0. The topological polar surface area (TPSA) is 70.6 Å². The lowest BCUT2D eigenvalue weighted by Gasteiger charge is -2.24. The zero-order chi connectivity index (χ0) is 16.7. The van der Waals surface area contributed by atoms with Crippen LogP contribution >= 0.6 is 0 Å². The molecule has 5 heteroatoms. The van der Waals surface area contributed by atoms with E-state index in [1.54, 1.807) is 19.2 Å². The third-order valence-electron chi connectivity index (χ3n) is 3.80. The third kappa shape index (κ3) is 4.47. The van der Waals surface area contributed by atoms with Gasteiger partial charge in [0.1, 0.15) is 5.75 Å². The molecule has 2 atom stereocenters. The minimum atomic E-state index is -0.382. The Morgan fingerprint density at radius 1 is 1.13 bits per heavy atom. The SMILES string of the molecule is COc1ccccc1NC(=O)N[C@H](CO)[C@@H](C)c1ccccc1. The fraction of sp³-hybridized carbons (Fsp3) is 0.278. The number of benzene rings is 2. The standard InChI is InChI=1S/C18H22N2O3/c1-13(14-8-4-3-5-9-14)16(12-21)20-18(22)19-15-10-6-7-11-17(15)23-2/h3-11,13,16,21H,12H2,1-2H3,(H2,19,20,22)/t13-,16+/m0/s1. The van der Waals surface area contributed by atoms with E-state index in [4.69, 9.17) is 4.74 Å². The van der Waals surface area contributed by atoms with Gasteiger partial charge in [-0.3, -0.25) is 0 Å². The number of methoxy groups -OCH3 is 1. The van der Waals surface area contributed by atoms with Crippen LogP contribution in [0.25, 0.3) is 0 Å². The number of ether oxygens (including phenoxy) is 1. The molecule has 0 heterocycles. The molecule has 0 aliphatic carbocycles. The van der Waals surface area contributed by atoms with Crippen molar-refractivity contribution in [1.29, 1.82) is 0 Å². The van der Waals surface area contributed by atoms with Crippen LogP contribution in [0.4, 0.5) is 10.5 Å². The summed E-state index contributed by atoms with van der Waals surface area (Å²) in [6, 6.07) is 16.2. The monoisotopic (exact) mass is 314 g/mol. The Morgan fingerprint density at radius 2 is 1.78 bits per heavy atom. The van der Waals surface area contributed by atoms with E-state index >= 15 is 0 Å². The summed E-state index contributed by atoms with van der Waals surface area (Å²) in [5.74, 6) is 0.573. The molecule has 5 nitrogen and oxygen atoms in total. The van der Waals surface area contributed by atoms with Crippen molar-refractivity contribution >= 4 is 11.7 Å². The van der Waals surface area contributed by atoms with Crippen LogP contribution in [0.2, 0.25) is 0 Å². The van der Waals surface area contributed by atoms with Gasteiger partial charge in [0.15, 0.2) is 0 Å². The maximum Gasteiger partial charge on any atom is 0.319 e. The van der Waals surface area contributed by atoms with Crippen molar-refractivity contribution in [2.45, 2.75) is 18.9 Å². The zero-order valence-electron chi connectivity index (χ0n) is 13.3. The molecule has 0 aliphatic heterocycles. The number of anilines is 1. The van der Waals surface area contributed by atoms with Gasteiger partial charge in [0.05, 0.1) is 25.4 Å². The maximum atomic E-state index is 12.2. The summed E-state index contributed by atoms with van der Waals surface area (Å²) in [5, 5.41) is 15.2. The average molecular weight is 314 g/mol. The van der Waals surface area contributed by atoms with E-state index in [-0.39, 0.29) is 24.6 Å². The molecule has 2 aromatic carbocycles. The molecule has 23 heavy (non-hydrogen) atoms. The molecular weight excluding hydrogens is 292 g/mol. The van der Waals surface area contributed by atoms with Crippen LogP contribution in [0.5, 0.6) is 5.75 Å². The summed E-state index contributed by atoms with van der Waals surface area (Å²) >= 11 is 0. The summed E-state index contributed by atoms with van der Waals surface area (Å²) < 4.78 is 5.20. The van der Waals surface area contributed by atoms with Crippen LogP contribution in [0, 0.1) is 0 Å². The van der Waals surface area contributed by atoms with E-state index < -0.39 is 0 Å².